The van der Waals surface area contributed by atoms with Gasteiger partial charge in [0.2, 0.25) is 0 Å². The number of hydrogen-bond acceptors (Lipinski definition) is 9. The maximum absolute atomic E-state index is 13.2. The van der Waals surface area contributed by atoms with Crippen molar-refractivity contribution >= 4 is 23.5 Å². The van der Waals surface area contributed by atoms with E-state index >= 15 is 0 Å². The lowest BCUT2D eigenvalue weighted by Crippen LogP contribution is -2.47. The highest BCUT2D eigenvalue weighted by molar-refractivity contribution is 6.09. The van der Waals surface area contributed by atoms with Gasteiger partial charge in [-0.05, 0) is 50.5 Å². The second-order valence-electron chi connectivity index (χ2n) is 15.8. The number of ether oxygens (including phenoxy) is 2. The Labute approximate surface area is 333 Å². The molecule has 0 aliphatic carbocycles. The van der Waals surface area contributed by atoms with E-state index in [1.165, 1.54) is 0 Å². The van der Waals surface area contributed by atoms with Gasteiger partial charge >= 0.3 is 12.1 Å². The van der Waals surface area contributed by atoms with Crippen LogP contribution in [0.1, 0.15) is 84.2 Å². The topological polar surface area (TPSA) is 163 Å². The molecule has 2 aromatic carbocycles. The molecule has 0 saturated carbocycles. The summed E-state index contributed by atoms with van der Waals surface area (Å²) in [4.78, 5) is 38.0. The Morgan fingerprint density at radius 1 is 0.875 bits per heavy atom. The molecule has 1 aliphatic heterocycles. The van der Waals surface area contributed by atoms with Crippen LogP contribution >= 0.6 is 0 Å². The number of anilines is 1. The van der Waals surface area contributed by atoms with Crippen molar-refractivity contribution in [2.24, 2.45) is 41.4 Å². The van der Waals surface area contributed by atoms with Gasteiger partial charge in [-0.3, -0.25) is 14.9 Å². The molecule has 2 aromatic rings. The lowest BCUT2D eigenvalue weighted by atomic mass is 9.81. The fourth-order valence-corrected chi connectivity index (χ4v) is 7.40. The summed E-state index contributed by atoms with van der Waals surface area (Å²) in [6.45, 7) is 18.6. The predicted molar refractivity (Wildman–Crippen MR) is 220 cm³/mol. The molecule has 10 nitrogen and oxygen atoms in total. The van der Waals surface area contributed by atoms with Crippen molar-refractivity contribution in [3.8, 4) is 0 Å². The van der Waals surface area contributed by atoms with Crippen molar-refractivity contribution in [2.45, 2.75) is 105 Å². The summed E-state index contributed by atoms with van der Waals surface area (Å²) in [6.07, 6.45) is 6.00. The number of benzene rings is 2. The summed E-state index contributed by atoms with van der Waals surface area (Å²) in [6, 6.07) is 15.5. The van der Waals surface area contributed by atoms with Gasteiger partial charge in [-0.25, -0.2) is 4.79 Å². The average molecular weight is 774 g/mol. The highest BCUT2D eigenvalue weighted by atomic mass is 16.6. The largest absolute Gasteiger partial charge is 0.462 e. The first kappa shape index (κ1) is 46.0. The highest BCUT2D eigenvalue weighted by Gasteiger charge is 2.41. The Kier molecular flexibility index (Phi) is 17.9. The van der Waals surface area contributed by atoms with Gasteiger partial charge in [-0.2, -0.15) is 0 Å². The van der Waals surface area contributed by atoms with Gasteiger partial charge in [-0.15, -0.1) is 0 Å². The Balaban J connectivity index is 1.59. The highest BCUT2D eigenvalue weighted by Crippen LogP contribution is 2.31. The SMILES string of the molecule is C=C/C=C\[C@H](C)[C@H](OC(=O)Nc1ccc(C(=O)c2ccccc2)cc1)[C@@H](C)[C@H](O)[C@@H](C)C/C(C)=C\[C@H](C)[C@@H](O)[C@@H](C)/C=C\[C@@H](O)C[C@@H]1OC(=O)[C@H](C)[C@@H](O)[C@H]1C. The zero-order valence-electron chi connectivity index (χ0n) is 34.1. The van der Waals surface area contributed by atoms with Gasteiger partial charge in [0, 0.05) is 52.8 Å². The molecule has 0 aromatic heterocycles. The van der Waals surface area contributed by atoms with Crippen LogP contribution in [0.4, 0.5) is 10.5 Å². The normalized spacial score (nSPS) is 23.9. The van der Waals surface area contributed by atoms with Gasteiger partial charge in [0.25, 0.3) is 0 Å². The van der Waals surface area contributed by atoms with Crippen LogP contribution in [-0.2, 0) is 14.3 Å². The summed E-state index contributed by atoms with van der Waals surface area (Å²) in [5.41, 5.74) is 2.51. The van der Waals surface area contributed by atoms with Crippen molar-refractivity contribution in [1.29, 1.82) is 0 Å². The zero-order chi connectivity index (χ0) is 41.7. The zero-order valence-corrected chi connectivity index (χ0v) is 34.1. The predicted octanol–water partition coefficient (Wildman–Crippen LogP) is 7.68. The van der Waals surface area contributed by atoms with Crippen molar-refractivity contribution in [2.75, 3.05) is 5.32 Å². The molecular weight excluding hydrogens is 711 g/mol. The molecule has 0 bridgehead atoms. The number of carbonyl (C=O) groups is 3. The maximum atomic E-state index is 13.2. The van der Waals surface area contributed by atoms with Crippen molar-refractivity contribution in [1.82, 2.24) is 0 Å². The number of amides is 1. The minimum Gasteiger partial charge on any atom is -0.462 e. The molecule has 1 heterocycles. The Morgan fingerprint density at radius 2 is 1.50 bits per heavy atom. The minimum atomic E-state index is -0.917. The number of cyclic esters (lactones) is 1. The molecule has 56 heavy (non-hydrogen) atoms. The van der Waals surface area contributed by atoms with E-state index in [2.05, 4.69) is 11.9 Å². The number of ketones is 1. The van der Waals surface area contributed by atoms with Crippen LogP contribution in [0, 0.1) is 41.4 Å². The molecule has 306 valence electrons. The third-order valence-electron chi connectivity index (χ3n) is 11.0. The summed E-state index contributed by atoms with van der Waals surface area (Å²) in [7, 11) is 0. The van der Waals surface area contributed by atoms with E-state index in [0.717, 1.165) is 5.57 Å². The van der Waals surface area contributed by atoms with Crippen molar-refractivity contribution < 1.29 is 44.3 Å². The van der Waals surface area contributed by atoms with Crippen LogP contribution < -0.4 is 5.32 Å². The van der Waals surface area contributed by atoms with Crippen LogP contribution in [-0.4, -0.2) is 74.9 Å². The van der Waals surface area contributed by atoms with E-state index in [1.807, 2.05) is 59.8 Å². The third-order valence-corrected chi connectivity index (χ3v) is 11.0. The fraction of sp³-hybridized carbons (Fsp3) is 0.500. The lowest BCUT2D eigenvalue weighted by Gasteiger charge is -2.36. The first-order valence-electron chi connectivity index (χ1n) is 19.7. The summed E-state index contributed by atoms with van der Waals surface area (Å²) >= 11 is 0. The van der Waals surface area contributed by atoms with E-state index in [-0.39, 0.29) is 41.8 Å². The number of nitrogens with one attached hydrogen (secondary N) is 1. The Bertz CT molecular complexity index is 1670. The van der Waals surface area contributed by atoms with E-state index in [9.17, 15) is 34.8 Å². The number of aliphatic hydroxyl groups is 4. The van der Waals surface area contributed by atoms with E-state index in [4.69, 9.17) is 9.47 Å². The van der Waals surface area contributed by atoms with Crippen LogP contribution in [0.3, 0.4) is 0 Å². The summed E-state index contributed by atoms with van der Waals surface area (Å²) in [5, 5.41) is 46.4. The monoisotopic (exact) mass is 773 g/mol. The molecule has 1 saturated heterocycles. The number of rotatable bonds is 19. The summed E-state index contributed by atoms with van der Waals surface area (Å²) < 4.78 is 11.4. The van der Waals surface area contributed by atoms with Gasteiger partial charge < -0.3 is 29.9 Å². The molecule has 1 fully saturated rings. The number of esters is 1. The molecular formula is C46H63NO9. The first-order chi connectivity index (χ1) is 26.4. The average Bonchev–Trinajstić information content (AvgIpc) is 3.18. The van der Waals surface area contributed by atoms with E-state index in [1.54, 1.807) is 86.7 Å². The van der Waals surface area contributed by atoms with Crippen LogP contribution in [0.15, 0.2) is 103 Å². The molecule has 10 heteroatoms. The standard InChI is InChI=1S/C46H63NO9/c1-10-11-15-29(4)44(56-46(54)47-37-21-19-36(20-22-37)43(52)35-16-13-12-14-17-35)33(8)41(50)31(6)25-27(2)24-30(5)40(49)28(3)18-23-38(48)26-39-32(7)42(51)34(9)45(53)55-39/h10-24,28-34,38-42,44,48-51H,1,25-26H2,2-9H3,(H,47,54)/b15-11-,23-18-,27-24-/t28-,29-,30-,31-,32-,33-,34+,38+,39-,40-,41+,42-,44-/m0/s1. The number of aliphatic hydroxyl groups excluding tert-OH is 4. The van der Waals surface area contributed by atoms with Crippen molar-refractivity contribution in [3.05, 3.63) is 114 Å². The third kappa shape index (κ3) is 13.1. The number of carbonyl (C=O) groups excluding carboxylic acids is 3. The first-order valence-corrected chi connectivity index (χ1v) is 19.7. The second kappa shape index (κ2) is 21.8. The smallest absolute Gasteiger partial charge is 0.411 e. The Morgan fingerprint density at radius 3 is 2.12 bits per heavy atom. The number of hydrogen-bond donors (Lipinski definition) is 5. The molecule has 1 amide bonds. The van der Waals surface area contributed by atoms with Gasteiger partial charge in [0.1, 0.15) is 12.2 Å². The van der Waals surface area contributed by atoms with Gasteiger partial charge in [0.15, 0.2) is 5.78 Å². The molecule has 0 unspecified atom stereocenters. The second-order valence-corrected chi connectivity index (χ2v) is 15.8. The number of allylic oxidation sites excluding steroid dienone is 3. The lowest BCUT2D eigenvalue weighted by molar-refractivity contribution is -0.179. The maximum Gasteiger partial charge on any atom is 0.411 e. The summed E-state index contributed by atoms with van der Waals surface area (Å²) in [5.74, 6) is -2.97. The van der Waals surface area contributed by atoms with Gasteiger partial charge in [0.05, 0.1) is 30.3 Å². The van der Waals surface area contributed by atoms with Crippen molar-refractivity contribution in [3.63, 3.8) is 0 Å². The molecule has 0 radical (unpaired) electrons. The molecule has 1 aliphatic rings. The molecule has 0 spiro atoms. The molecule has 3 rings (SSSR count). The van der Waals surface area contributed by atoms with Gasteiger partial charge in [-0.1, -0.05) is 120 Å². The minimum absolute atomic E-state index is 0.122. The van der Waals surface area contributed by atoms with Crippen LogP contribution in [0.2, 0.25) is 0 Å². The quantitative estimate of drug-likeness (QED) is 0.0417. The van der Waals surface area contributed by atoms with Crippen LogP contribution in [0.5, 0.6) is 0 Å². The van der Waals surface area contributed by atoms with E-state index in [0.29, 0.717) is 23.2 Å². The van der Waals surface area contributed by atoms with Crippen LogP contribution in [0.25, 0.3) is 0 Å². The molecule has 5 N–H and O–H groups in total. The molecule has 13 atom stereocenters. The Hall–Kier alpha value is -4.35. The fourth-order valence-electron chi connectivity index (χ4n) is 7.40. The van der Waals surface area contributed by atoms with E-state index < -0.39 is 60.5 Å².